The molecule has 0 aromatic heterocycles. The SMILES string of the molecule is CCOc1ccccc1NC1=C(Sc2ccc(C)cc2)C(=O)N(Cc2ccccc2)C1=O. The fraction of sp³-hybridized carbons (Fsp3) is 0.154. The van der Waals surface area contributed by atoms with Gasteiger partial charge in [-0.15, -0.1) is 0 Å². The van der Waals surface area contributed by atoms with Crippen LogP contribution in [0.3, 0.4) is 0 Å². The van der Waals surface area contributed by atoms with Crippen molar-refractivity contribution in [1.29, 1.82) is 0 Å². The van der Waals surface area contributed by atoms with E-state index < -0.39 is 0 Å². The number of carbonyl (C=O) groups is 2. The highest BCUT2D eigenvalue weighted by Crippen LogP contribution is 2.37. The first-order chi connectivity index (χ1) is 15.6. The van der Waals surface area contributed by atoms with E-state index in [4.69, 9.17) is 4.74 Å². The number of anilines is 1. The zero-order valence-electron chi connectivity index (χ0n) is 18.0. The molecule has 32 heavy (non-hydrogen) atoms. The molecule has 0 saturated carbocycles. The summed E-state index contributed by atoms with van der Waals surface area (Å²) in [5.41, 5.74) is 2.94. The van der Waals surface area contributed by atoms with Gasteiger partial charge in [-0.2, -0.15) is 0 Å². The van der Waals surface area contributed by atoms with Crippen molar-refractivity contribution < 1.29 is 14.3 Å². The molecule has 0 aliphatic carbocycles. The Morgan fingerprint density at radius 2 is 1.56 bits per heavy atom. The first kappa shape index (κ1) is 21.7. The molecule has 0 unspecified atom stereocenters. The van der Waals surface area contributed by atoms with Crippen LogP contribution in [0.15, 0.2) is 94.4 Å². The van der Waals surface area contributed by atoms with E-state index in [0.717, 1.165) is 16.0 Å². The van der Waals surface area contributed by atoms with Crippen molar-refractivity contribution in [1.82, 2.24) is 4.90 Å². The van der Waals surface area contributed by atoms with Gasteiger partial charge in [-0.05, 0) is 43.7 Å². The third-order valence-electron chi connectivity index (χ3n) is 5.00. The smallest absolute Gasteiger partial charge is 0.278 e. The second-order valence-corrected chi connectivity index (χ2v) is 8.44. The van der Waals surface area contributed by atoms with Gasteiger partial charge in [-0.3, -0.25) is 14.5 Å². The lowest BCUT2D eigenvalue weighted by Crippen LogP contribution is -2.31. The number of hydrogen-bond acceptors (Lipinski definition) is 5. The minimum atomic E-state index is -0.347. The standard InChI is InChI=1S/C26H24N2O3S/c1-3-31-22-12-8-7-11-21(22)27-23-24(32-20-15-13-18(2)14-16-20)26(30)28(25(23)29)17-19-9-5-4-6-10-19/h4-16,27H,3,17H2,1-2H3. The average Bonchev–Trinajstić information content (AvgIpc) is 3.02. The number of amides is 2. The van der Waals surface area contributed by atoms with Gasteiger partial charge in [0.1, 0.15) is 16.4 Å². The molecule has 0 spiro atoms. The Hall–Kier alpha value is -3.51. The van der Waals surface area contributed by atoms with Gasteiger partial charge in [0, 0.05) is 4.90 Å². The molecule has 0 atom stereocenters. The Morgan fingerprint density at radius 1 is 0.875 bits per heavy atom. The molecular formula is C26H24N2O3S. The molecule has 3 aromatic carbocycles. The summed E-state index contributed by atoms with van der Waals surface area (Å²) >= 11 is 1.30. The van der Waals surface area contributed by atoms with E-state index in [2.05, 4.69) is 5.32 Å². The Kier molecular flexibility index (Phi) is 6.61. The van der Waals surface area contributed by atoms with Crippen molar-refractivity contribution in [3.63, 3.8) is 0 Å². The number of carbonyl (C=O) groups excluding carboxylic acids is 2. The summed E-state index contributed by atoms with van der Waals surface area (Å²) in [6, 6.07) is 24.8. The van der Waals surface area contributed by atoms with Crippen molar-refractivity contribution in [2.45, 2.75) is 25.3 Å². The normalized spacial score (nSPS) is 13.6. The monoisotopic (exact) mass is 444 g/mol. The van der Waals surface area contributed by atoms with Gasteiger partial charge < -0.3 is 10.1 Å². The number of rotatable bonds is 8. The van der Waals surface area contributed by atoms with Crippen LogP contribution in [0.25, 0.3) is 0 Å². The number of nitrogens with zero attached hydrogens (tertiary/aromatic N) is 1. The fourth-order valence-electron chi connectivity index (χ4n) is 3.38. The van der Waals surface area contributed by atoms with E-state index in [-0.39, 0.29) is 24.1 Å². The van der Waals surface area contributed by atoms with Crippen LogP contribution in [0.2, 0.25) is 0 Å². The highest BCUT2D eigenvalue weighted by atomic mass is 32.2. The maximum atomic E-state index is 13.4. The van der Waals surface area contributed by atoms with Crippen molar-refractivity contribution in [3.05, 3.63) is 101 Å². The van der Waals surface area contributed by atoms with Gasteiger partial charge in [-0.25, -0.2) is 0 Å². The van der Waals surface area contributed by atoms with E-state index >= 15 is 0 Å². The topological polar surface area (TPSA) is 58.6 Å². The molecule has 0 fully saturated rings. The molecule has 1 aliphatic rings. The fourth-order valence-corrected chi connectivity index (χ4v) is 4.32. The summed E-state index contributed by atoms with van der Waals surface area (Å²) in [6.07, 6.45) is 0. The van der Waals surface area contributed by atoms with Crippen LogP contribution in [0.4, 0.5) is 5.69 Å². The highest BCUT2D eigenvalue weighted by Gasteiger charge is 2.39. The summed E-state index contributed by atoms with van der Waals surface area (Å²) < 4.78 is 5.70. The zero-order valence-corrected chi connectivity index (χ0v) is 18.8. The van der Waals surface area contributed by atoms with Gasteiger partial charge in [0.15, 0.2) is 0 Å². The Bertz CT molecular complexity index is 1160. The lowest BCUT2D eigenvalue weighted by Gasteiger charge is -2.16. The number of para-hydroxylation sites is 2. The van der Waals surface area contributed by atoms with Gasteiger partial charge in [0.2, 0.25) is 0 Å². The Labute approximate surface area is 192 Å². The van der Waals surface area contributed by atoms with E-state index in [0.29, 0.717) is 22.9 Å². The van der Waals surface area contributed by atoms with E-state index in [9.17, 15) is 9.59 Å². The predicted octanol–water partition coefficient (Wildman–Crippen LogP) is 5.38. The van der Waals surface area contributed by atoms with E-state index in [1.165, 1.54) is 16.7 Å². The largest absolute Gasteiger partial charge is 0.492 e. The molecule has 0 radical (unpaired) electrons. The minimum Gasteiger partial charge on any atom is -0.492 e. The molecule has 1 aliphatic heterocycles. The van der Waals surface area contributed by atoms with Crippen LogP contribution < -0.4 is 10.1 Å². The summed E-state index contributed by atoms with van der Waals surface area (Å²) in [5, 5.41) is 3.19. The molecule has 0 bridgehead atoms. The minimum absolute atomic E-state index is 0.217. The number of imide groups is 1. The predicted molar refractivity (Wildman–Crippen MR) is 127 cm³/mol. The third-order valence-corrected chi connectivity index (χ3v) is 6.09. The van der Waals surface area contributed by atoms with E-state index in [1.54, 1.807) is 0 Å². The molecule has 1 N–H and O–H groups in total. The summed E-state index contributed by atoms with van der Waals surface area (Å²) in [7, 11) is 0. The molecule has 6 heteroatoms. The number of thioether (sulfide) groups is 1. The molecule has 2 amide bonds. The first-order valence-electron chi connectivity index (χ1n) is 10.4. The lowest BCUT2D eigenvalue weighted by molar-refractivity contribution is -0.137. The molecular weight excluding hydrogens is 420 g/mol. The number of nitrogens with one attached hydrogen (secondary N) is 1. The van der Waals surface area contributed by atoms with Crippen molar-refractivity contribution in [3.8, 4) is 5.75 Å². The first-order valence-corrected chi connectivity index (χ1v) is 11.3. The molecule has 1 heterocycles. The van der Waals surface area contributed by atoms with Gasteiger partial charge >= 0.3 is 0 Å². The van der Waals surface area contributed by atoms with Crippen LogP contribution in [0.5, 0.6) is 5.75 Å². The highest BCUT2D eigenvalue weighted by molar-refractivity contribution is 8.04. The Balaban J connectivity index is 1.69. The maximum Gasteiger partial charge on any atom is 0.278 e. The zero-order chi connectivity index (χ0) is 22.5. The number of hydrogen-bond donors (Lipinski definition) is 1. The molecule has 162 valence electrons. The molecule has 4 rings (SSSR count). The summed E-state index contributed by atoms with van der Waals surface area (Å²) in [4.78, 5) is 29.3. The molecule has 5 nitrogen and oxygen atoms in total. The maximum absolute atomic E-state index is 13.4. The lowest BCUT2D eigenvalue weighted by atomic mass is 10.2. The van der Waals surface area contributed by atoms with Crippen LogP contribution in [-0.4, -0.2) is 23.3 Å². The van der Waals surface area contributed by atoms with Crippen molar-refractivity contribution >= 4 is 29.3 Å². The van der Waals surface area contributed by atoms with Crippen LogP contribution >= 0.6 is 11.8 Å². The number of benzene rings is 3. The van der Waals surface area contributed by atoms with Crippen LogP contribution in [-0.2, 0) is 16.1 Å². The van der Waals surface area contributed by atoms with Gasteiger partial charge in [-0.1, -0.05) is 71.9 Å². The second kappa shape index (κ2) is 9.75. The quantitative estimate of drug-likeness (QED) is 0.473. The van der Waals surface area contributed by atoms with Gasteiger partial charge in [0.05, 0.1) is 18.8 Å². The van der Waals surface area contributed by atoms with Crippen LogP contribution in [0, 0.1) is 6.92 Å². The number of ether oxygens (including phenoxy) is 1. The third kappa shape index (κ3) is 4.70. The molecule has 3 aromatic rings. The number of aryl methyl sites for hydroxylation is 1. The average molecular weight is 445 g/mol. The van der Waals surface area contributed by atoms with Crippen LogP contribution in [0.1, 0.15) is 18.1 Å². The summed E-state index contributed by atoms with van der Waals surface area (Å²) in [6.45, 7) is 4.63. The Morgan fingerprint density at radius 3 is 2.28 bits per heavy atom. The second-order valence-electron chi connectivity index (χ2n) is 7.36. The van der Waals surface area contributed by atoms with E-state index in [1.807, 2.05) is 92.7 Å². The van der Waals surface area contributed by atoms with Crippen molar-refractivity contribution in [2.24, 2.45) is 0 Å². The van der Waals surface area contributed by atoms with Crippen molar-refractivity contribution in [2.75, 3.05) is 11.9 Å². The summed E-state index contributed by atoms with van der Waals surface area (Å²) in [5.74, 6) is -0.0236. The van der Waals surface area contributed by atoms with Gasteiger partial charge in [0.25, 0.3) is 11.8 Å². The molecule has 0 saturated heterocycles.